The molecule has 0 aliphatic rings. The summed E-state index contributed by atoms with van der Waals surface area (Å²) >= 11 is 0. The van der Waals surface area contributed by atoms with Crippen molar-refractivity contribution in [1.82, 2.24) is 29.7 Å². The van der Waals surface area contributed by atoms with E-state index in [1.165, 1.54) is 12.1 Å². The highest BCUT2D eigenvalue weighted by atomic mass is 19.1. The molecule has 8 nitrogen and oxygen atoms in total. The fraction of sp³-hybridized carbons (Fsp3) is 0.263. The van der Waals surface area contributed by atoms with Gasteiger partial charge in [-0.15, -0.1) is 0 Å². The number of aryl methyl sites for hydroxylation is 1. The number of H-pyrrole nitrogens is 1. The molecule has 4 N–H and O–H groups in total. The molecule has 4 rings (SSSR count). The number of nitrogen functional groups attached to an aromatic ring is 1. The fourth-order valence-corrected chi connectivity index (χ4v) is 3.13. The van der Waals surface area contributed by atoms with Crippen LogP contribution >= 0.6 is 0 Å². The van der Waals surface area contributed by atoms with Crippen LogP contribution in [0.5, 0.6) is 0 Å². The van der Waals surface area contributed by atoms with E-state index >= 15 is 0 Å². The Balaban J connectivity index is 1.62. The van der Waals surface area contributed by atoms with Gasteiger partial charge in [-0.05, 0) is 36.6 Å². The zero-order valence-electron chi connectivity index (χ0n) is 15.5. The molecule has 4 aromatic rings. The summed E-state index contributed by atoms with van der Waals surface area (Å²) in [6, 6.07) is 8.39. The number of nitrogens with one attached hydrogen (secondary N) is 2. The van der Waals surface area contributed by atoms with Crippen molar-refractivity contribution >= 4 is 22.9 Å². The first-order valence-corrected chi connectivity index (χ1v) is 9.18. The molecule has 3 heterocycles. The van der Waals surface area contributed by atoms with Gasteiger partial charge in [-0.1, -0.05) is 19.1 Å². The third kappa shape index (κ3) is 3.51. The topological polar surface area (TPSA) is 110 Å². The van der Waals surface area contributed by atoms with Crippen LogP contribution in [0.4, 0.5) is 16.2 Å². The molecule has 28 heavy (non-hydrogen) atoms. The zero-order chi connectivity index (χ0) is 19.5. The summed E-state index contributed by atoms with van der Waals surface area (Å²) < 4.78 is 15.3. The Morgan fingerprint density at radius 2 is 2.11 bits per heavy atom. The maximum Gasteiger partial charge on any atom is 0.226 e. The highest BCUT2D eigenvalue weighted by molar-refractivity contribution is 5.86. The number of aromatic nitrogens is 6. The number of imidazole rings is 1. The van der Waals surface area contributed by atoms with Gasteiger partial charge in [0.25, 0.3) is 0 Å². The van der Waals surface area contributed by atoms with E-state index in [1.807, 2.05) is 16.7 Å². The van der Waals surface area contributed by atoms with Gasteiger partial charge in [-0.25, -0.2) is 9.37 Å². The second kappa shape index (κ2) is 7.63. The number of nitrogens with two attached hydrogens (primary N) is 1. The quantitative estimate of drug-likeness (QED) is 0.455. The van der Waals surface area contributed by atoms with E-state index < -0.39 is 0 Å². The van der Waals surface area contributed by atoms with Gasteiger partial charge in [0.2, 0.25) is 5.95 Å². The van der Waals surface area contributed by atoms with E-state index in [9.17, 15) is 4.39 Å². The van der Waals surface area contributed by atoms with Crippen LogP contribution in [0.15, 0.2) is 36.5 Å². The molecule has 0 saturated carbocycles. The number of halogens is 1. The minimum atomic E-state index is -0.242. The summed E-state index contributed by atoms with van der Waals surface area (Å²) in [7, 11) is 0. The molecule has 0 aliphatic carbocycles. The largest absolute Gasteiger partial charge is 0.382 e. The lowest BCUT2D eigenvalue weighted by molar-refractivity contribution is 0.625. The molecule has 0 spiro atoms. The smallest absolute Gasteiger partial charge is 0.226 e. The van der Waals surface area contributed by atoms with Crippen LogP contribution in [0.1, 0.15) is 18.9 Å². The van der Waals surface area contributed by atoms with Crippen LogP contribution in [-0.4, -0.2) is 36.3 Å². The average Bonchev–Trinajstić information content (AvgIpc) is 3.31. The van der Waals surface area contributed by atoms with Crippen molar-refractivity contribution in [3.05, 3.63) is 47.9 Å². The number of fused-ring (bicyclic) bond motifs is 1. The van der Waals surface area contributed by atoms with E-state index in [0.29, 0.717) is 41.7 Å². The van der Waals surface area contributed by atoms with Crippen LogP contribution in [0.25, 0.3) is 22.7 Å². The minimum Gasteiger partial charge on any atom is -0.382 e. The molecule has 0 radical (unpaired) electrons. The molecular formula is C19H21FN8. The third-order valence-corrected chi connectivity index (χ3v) is 4.38. The van der Waals surface area contributed by atoms with Crippen molar-refractivity contribution in [2.24, 2.45) is 0 Å². The molecule has 0 amide bonds. The third-order valence-electron chi connectivity index (χ3n) is 4.38. The summed E-state index contributed by atoms with van der Waals surface area (Å²) in [6.07, 6.45) is 3.31. The maximum atomic E-state index is 13.3. The number of anilines is 2. The van der Waals surface area contributed by atoms with Gasteiger partial charge in [0, 0.05) is 19.3 Å². The Labute approximate surface area is 161 Å². The number of aromatic amines is 1. The molecule has 1 aromatic carbocycles. The summed E-state index contributed by atoms with van der Waals surface area (Å²) in [6.45, 7) is 3.38. The van der Waals surface area contributed by atoms with Gasteiger partial charge < -0.3 is 15.6 Å². The summed E-state index contributed by atoms with van der Waals surface area (Å²) in [5.41, 5.74) is 9.00. The van der Waals surface area contributed by atoms with E-state index in [0.717, 1.165) is 24.2 Å². The molecular weight excluding hydrogens is 359 g/mol. The summed E-state index contributed by atoms with van der Waals surface area (Å²) in [5, 5.41) is 10.2. The van der Waals surface area contributed by atoms with Crippen molar-refractivity contribution < 1.29 is 4.39 Å². The van der Waals surface area contributed by atoms with Crippen molar-refractivity contribution in [3.63, 3.8) is 0 Å². The first kappa shape index (κ1) is 17.9. The molecule has 0 aliphatic heterocycles. The first-order valence-electron chi connectivity index (χ1n) is 9.18. The molecule has 9 heteroatoms. The number of rotatable bonds is 7. The molecule has 144 valence electrons. The highest BCUT2D eigenvalue weighted by Gasteiger charge is 2.18. The second-order valence-corrected chi connectivity index (χ2v) is 6.46. The Morgan fingerprint density at radius 1 is 1.21 bits per heavy atom. The lowest BCUT2D eigenvalue weighted by Crippen LogP contribution is -2.10. The van der Waals surface area contributed by atoms with Gasteiger partial charge in [0.15, 0.2) is 22.8 Å². The number of nitrogens with zero attached hydrogens (tertiary/aromatic N) is 5. The van der Waals surface area contributed by atoms with E-state index in [4.69, 9.17) is 5.73 Å². The van der Waals surface area contributed by atoms with E-state index in [1.54, 1.807) is 12.3 Å². The Kier molecular flexibility index (Phi) is 4.88. The van der Waals surface area contributed by atoms with Crippen molar-refractivity contribution in [2.45, 2.75) is 26.3 Å². The maximum absolute atomic E-state index is 13.3. The van der Waals surface area contributed by atoms with E-state index in [-0.39, 0.29) is 5.82 Å². The fourth-order valence-electron chi connectivity index (χ4n) is 3.13. The van der Waals surface area contributed by atoms with Crippen LogP contribution in [-0.2, 0) is 13.0 Å². The highest BCUT2D eigenvalue weighted by Crippen LogP contribution is 2.26. The number of hydrogen-bond acceptors (Lipinski definition) is 6. The number of hydrogen-bond donors (Lipinski definition) is 3. The predicted octanol–water partition coefficient (Wildman–Crippen LogP) is 3.00. The second-order valence-electron chi connectivity index (χ2n) is 6.46. The summed E-state index contributed by atoms with van der Waals surface area (Å²) in [5.74, 6) is 1.20. The van der Waals surface area contributed by atoms with Gasteiger partial charge in [0.05, 0.1) is 0 Å². The normalized spacial score (nSPS) is 11.2. The first-order chi connectivity index (χ1) is 13.7. The van der Waals surface area contributed by atoms with Crippen molar-refractivity contribution in [3.8, 4) is 11.5 Å². The minimum absolute atomic E-state index is 0.242. The Bertz CT molecular complexity index is 1090. The van der Waals surface area contributed by atoms with Gasteiger partial charge in [-0.3, -0.25) is 5.10 Å². The molecule has 0 fully saturated rings. The van der Waals surface area contributed by atoms with Crippen molar-refractivity contribution in [2.75, 3.05) is 17.6 Å². The SMILES string of the molecule is CCCn1c(-c2cc[nH]n2)nc2c(N)nc(NCCc3cccc(F)c3)nc21. The molecule has 3 aromatic heterocycles. The van der Waals surface area contributed by atoms with Crippen LogP contribution in [0.2, 0.25) is 0 Å². The Hall–Kier alpha value is -3.49. The van der Waals surface area contributed by atoms with Crippen LogP contribution in [0.3, 0.4) is 0 Å². The molecule has 0 bridgehead atoms. The van der Waals surface area contributed by atoms with Crippen LogP contribution < -0.4 is 11.1 Å². The van der Waals surface area contributed by atoms with E-state index in [2.05, 4.69) is 37.4 Å². The molecule has 0 saturated heterocycles. The molecule has 0 unspecified atom stereocenters. The standard InChI is InChI=1S/C19H21FN8/c1-2-10-28-17(14-7-9-23-27-14)24-15-16(21)25-19(26-18(15)28)22-8-6-12-4-3-5-13(20)11-12/h3-5,7,9,11H,2,6,8,10H2,1H3,(H,23,27)(H3,21,22,25,26). The average molecular weight is 380 g/mol. The van der Waals surface area contributed by atoms with Crippen LogP contribution in [0, 0.1) is 5.82 Å². The van der Waals surface area contributed by atoms with Gasteiger partial charge in [-0.2, -0.15) is 15.1 Å². The summed E-state index contributed by atoms with van der Waals surface area (Å²) in [4.78, 5) is 13.6. The lowest BCUT2D eigenvalue weighted by atomic mass is 10.1. The monoisotopic (exact) mass is 380 g/mol. The van der Waals surface area contributed by atoms with Gasteiger partial charge >= 0.3 is 0 Å². The predicted molar refractivity (Wildman–Crippen MR) is 106 cm³/mol. The molecule has 0 atom stereocenters. The lowest BCUT2D eigenvalue weighted by Gasteiger charge is -2.08. The van der Waals surface area contributed by atoms with Crippen molar-refractivity contribution in [1.29, 1.82) is 0 Å². The number of benzene rings is 1. The Morgan fingerprint density at radius 3 is 2.86 bits per heavy atom. The zero-order valence-corrected chi connectivity index (χ0v) is 15.5. The van der Waals surface area contributed by atoms with Gasteiger partial charge in [0.1, 0.15) is 11.5 Å².